The van der Waals surface area contributed by atoms with E-state index in [-0.39, 0.29) is 0 Å². The Bertz CT molecular complexity index is 857. The van der Waals surface area contributed by atoms with E-state index in [2.05, 4.69) is 24.1 Å². The fourth-order valence-electron chi connectivity index (χ4n) is 3.80. The fraction of sp³-hybridized carbons (Fsp3) is 0.520. The van der Waals surface area contributed by atoms with E-state index in [1.54, 1.807) is 12.1 Å². The maximum absolute atomic E-state index is 10.4. The molecule has 176 valence electrons. The molecule has 2 aromatic rings. The third-order valence-corrected chi connectivity index (χ3v) is 6.63. The van der Waals surface area contributed by atoms with Crippen molar-refractivity contribution in [3.63, 3.8) is 0 Å². The summed E-state index contributed by atoms with van der Waals surface area (Å²) in [4.78, 5) is 2.32. The zero-order valence-corrected chi connectivity index (χ0v) is 20.5. The summed E-state index contributed by atoms with van der Waals surface area (Å²) in [6, 6.07) is 11.9. The van der Waals surface area contributed by atoms with Gasteiger partial charge in [-0.25, -0.2) is 0 Å². The number of piperidine rings is 1. The topological polar surface area (TPSA) is 54.0 Å². The fourth-order valence-corrected chi connectivity index (χ4v) is 4.09. The van der Waals surface area contributed by atoms with Crippen LogP contribution in [0.4, 0.5) is 0 Å². The van der Waals surface area contributed by atoms with Gasteiger partial charge < -0.3 is 24.8 Å². The maximum Gasteiger partial charge on any atom is 0.120 e. The van der Waals surface area contributed by atoms with E-state index in [1.807, 2.05) is 24.3 Å². The van der Waals surface area contributed by atoms with Gasteiger partial charge in [-0.3, -0.25) is 0 Å². The minimum atomic E-state index is -0.486. The second kappa shape index (κ2) is 12.7. The molecule has 0 saturated carbocycles. The standard InChI is InChI=1S/C25H34Cl2N2O3/c1-18-4-5-22(14-19(18)2)32-17-21(30)16-29-11-8-20(9-12-29)28-10-3-13-31-23-6-7-24(26)25(27)15-23/h4-7,14-15,20-21,28,30H,3,8-13,16-17H2,1-2H3. The first-order chi connectivity index (χ1) is 15.4. The third kappa shape index (κ3) is 8.13. The monoisotopic (exact) mass is 480 g/mol. The molecule has 1 unspecified atom stereocenters. The van der Waals surface area contributed by atoms with E-state index in [0.717, 1.165) is 50.4 Å². The number of benzene rings is 2. The molecule has 1 aliphatic rings. The van der Waals surface area contributed by atoms with Crippen molar-refractivity contribution in [3.05, 3.63) is 57.6 Å². The first-order valence-corrected chi connectivity index (χ1v) is 12.1. The maximum atomic E-state index is 10.4. The number of rotatable bonds is 11. The van der Waals surface area contributed by atoms with Gasteiger partial charge in [0.05, 0.1) is 16.7 Å². The lowest BCUT2D eigenvalue weighted by Crippen LogP contribution is -2.46. The van der Waals surface area contributed by atoms with Gasteiger partial charge in [0.15, 0.2) is 0 Å². The van der Waals surface area contributed by atoms with Crippen LogP contribution in [-0.2, 0) is 0 Å². The predicted octanol–water partition coefficient (Wildman–Crippen LogP) is 4.87. The largest absolute Gasteiger partial charge is 0.493 e. The summed E-state index contributed by atoms with van der Waals surface area (Å²) in [5, 5.41) is 15.0. The number of nitrogens with one attached hydrogen (secondary N) is 1. The molecule has 7 heteroatoms. The van der Waals surface area contributed by atoms with E-state index in [4.69, 9.17) is 32.7 Å². The molecule has 32 heavy (non-hydrogen) atoms. The van der Waals surface area contributed by atoms with Gasteiger partial charge in [0.1, 0.15) is 24.2 Å². The molecule has 0 amide bonds. The Morgan fingerprint density at radius 3 is 2.44 bits per heavy atom. The molecular formula is C25H34Cl2N2O3. The highest BCUT2D eigenvalue weighted by Gasteiger charge is 2.20. The Morgan fingerprint density at radius 1 is 1.00 bits per heavy atom. The second-order valence-corrected chi connectivity index (χ2v) is 9.33. The first kappa shape index (κ1) is 25.1. The van der Waals surface area contributed by atoms with Crippen molar-refractivity contribution in [3.8, 4) is 11.5 Å². The van der Waals surface area contributed by atoms with Crippen LogP contribution in [-0.4, -0.2) is 61.5 Å². The Labute approximate surface area is 201 Å². The molecule has 2 N–H and O–H groups in total. The van der Waals surface area contributed by atoms with E-state index < -0.39 is 6.10 Å². The van der Waals surface area contributed by atoms with Crippen molar-refractivity contribution >= 4 is 23.2 Å². The number of aryl methyl sites for hydroxylation is 2. The highest BCUT2D eigenvalue weighted by molar-refractivity contribution is 6.42. The van der Waals surface area contributed by atoms with Crippen molar-refractivity contribution in [1.29, 1.82) is 0 Å². The van der Waals surface area contributed by atoms with Gasteiger partial charge in [0, 0.05) is 18.7 Å². The summed E-state index contributed by atoms with van der Waals surface area (Å²) < 4.78 is 11.5. The predicted molar refractivity (Wildman–Crippen MR) is 131 cm³/mol. The van der Waals surface area contributed by atoms with Gasteiger partial charge in [-0.2, -0.15) is 0 Å². The van der Waals surface area contributed by atoms with E-state index in [0.29, 0.717) is 35.8 Å². The lowest BCUT2D eigenvalue weighted by molar-refractivity contribution is 0.0578. The van der Waals surface area contributed by atoms with Gasteiger partial charge in [-0.05, 0) is 88.1 Å². The number of halogens is 2. The molecule has 1 saturated heterocycles. The summed E-state index contributed by atoms with van der Waals surface area (Å²) in [5.41, 5.74) is 2.45. The van der Waals surface area contributed by atoms with Crippen molar-refractivity contribution in [2.45, 2.75) is 45.3 Å². The van der Waals surface area contributed by atoms with Crippen LogP contribution in [0.2, 0.25) is 10.0 Å². The molecule has 3 rings (SSSR count). The van der Waals surface area contributed by atoms with Crippen LogP contribution in [0.5, 0.6) is 11.5 Å². The van der Waals surface area contributed by atoms with Crippen molar-refractivity contribution in [2.24, 2.45) is 0 Å². The van der Waals surface area contributed by atoms with Crippen LogP contribution in [0.15, 0.2) is 36.4 Å². The van der Waals surface area contributed by atoms with Gasteiger partial charge >= 0.3 is 0 Å². The average molecular weight is 481 g/mol. The van der Waals surface area contributed by atoms with Gasteiger partial charge in [0.25, 0.3) is 0 Å². The van der Waals surface area contributed by atoms with Gasteiger partial charge in [0.2, 0.25) is 0 Å². The SMILES string of the molecule is Cc1ccc(OCC(O)CN2CCC(NCCCOc3ccc(Cl)c(Cl)c3)CC2)cc1C. The molecule has 0 aromatic heterocycles. The number of aliphatic hydroxyl groups is 1. The minimum Gasteiger partial charge on any atom is -0.493 e. The Kier molecular flexibility index (Phi) is 9.94. The number of ether oxygens (including phenoxy) is 2. The van der Waals surface area contributed by atoms with Crippen LogP contribution in [0.3, 0.4) is 0 Å². The van der Waals surface area contributed by atoms with E-state index >= 15 is 0 Å². The quantitative estimate of drug-likeness (QED) is 0.449. The molecule has 5 nitrogen and oxygen atoms in total. The molecule has 0 aliphatic carbocycles. The highest BCUT2D eigenvalue weighted by Crippen LogP contribution is 2.26. The van der Waals surface area contributed by atoms with Crippen LogP contribution in [0.25, 0.3) is 0 Å². The van der Waals surface area contributed by atoms with E-state index in [9.17, 15) is 5.11 Å². The Balaban J connectivity index is 1.25. The summed E-state index contributed by atoms with van der Waals surface area (Å²) in [6.07, 6.45) is 2.60. The van der Waals surface area contributed by atoms with E-state index in [1.165, 1.54) is 11.1 Å². The smallest absolute Gasteiger partial charge is 0.120 e. The lowest BCUT2D eigenvalue weighted by Gasteiger charge is -2.33. The molecule has 1 heterocycles. The summed E-state index contributed by atoms with van der Waals surface area (Å²) in [7, 11) is 0. The van der Waals surface area contributed by atoms with Crippen molar-refractivity contribution in [1.82, 2.24) is 10.2 Å². The molecule has 0 bridgehead atoms. The molecule has 1 atom stereocenters. The number of likely N-dealkylation sites (tertiary alicyclic amines) is 1. The summed E-state index contributed by atoms with van der Waals surface area (Å²) in [6.45, 7) is 8.64. The number of β-amino-alcohol motifs (C(OH)–C–C–N with tert-alkyl or cyclic N) is 1. The van der Waals surface area contributed by atoms with Gasteiger partial charge in [-0.15, -0.1) is 0 Å². The molecule has 2 aromatic carbocycles. The molecule has 0 spiro atoms. The highest BCUT2D eigenvalue weighted by atomic mass is 35.5. The lowest BCUT2D eigenvalue weighted by atomic mass is 10.0. The van der Waals surface area contributed by atoms with Crippen LogP contribution < -0.4 is 14.8 Å². The number of hydrogen-bond acceptors (Lipinski definition) is 5. The number of aliphatic hydroxyl groups excluding tert-OH is 1. The number of nitrogens with zero attached hydrogens (tertiary/aromatic N) is 1. The van der Waals surface area contributed by atoms with Gasteiger partial charge in [-0.1, -0.05) is 29.3 Å². The van der Waals surface area contributed by atoms with Crippen LogP contribution in [0.1, 0.15) is 30.4 Å². The Hall–Kier alpha value is -1.50. The molecule has 1 aliphatic heterocycles. The van der Waals surface area contributed by atoms with Crippen molar-refractivity contribution < 1.29 is 14.6 Å². The summed E-state index contributed by atoms with van der Waals surface area (Å²) >= 11 is 11.9. The van der Waals surface area contributed by atoms with Crippen LogP contribution in [0, 0.1) is 13.8 Å². The molecular weight excluding hydrogens is 447 g/mol. The zero-order chi connectivity index (χ0) is 22.9. The Morgan fingerprint density at radius 2 is 1.72 bits per heavy atom. The average Bonchev–Trinajstić information content (AvgIpc) is 2.78. The normalized spacial score (nSPS) is 16.2. The third-order valence-electron chi connectivity index (χ3n) is 5.89. The molecule has 1 fully saturated rings. The van der Waals surface area contributed by atoms with Crippen LogP contribution >= 0.6 is 23.2 Å². The second-order valence-electron chi connectivity index (χ2n) is 8.52. The first-order valence-electron chi connectivity index (χ1n) is 11.3. The number of hydrogen-bond donors (Lipinski definition) is 2. The van der Waals surface area contributed by atoms with Crippen molar-refractivity contribution in [2.75, 3.05) is 39.4 Å². The zero-order valence-electron chi connectivity index (χ0n) is 18.9. The summed E-state index contributed by atoms with van der Waals surface area (Å²) in [5.74, 6) is 1.56. The minimum absolute atomic E-state index is 0.319. The molecule has 0 radical (unpaired) electrons.